The number of furan rings is 1. The van der Waals surface area contributed by atoms with Crippen LogP contribution >= 0.6 is 15.9 Å². The summed E-state index contributed by atoms with van der Waals surface area (Å²) < 4.78 is 5.87. The molecule has 1 N–H and O–H groups in total. The quantitative estimate of drug-likeness (QED) is 0.926. The molecule has 18 heavy (non-hydrogen) atoms. The van der Waals surface area contributed by atoms with Crippen LogP contribution in [0.2, 0.25) is 0 Å². The zero-order chi connectivity index (χ0) is 12.7. The van der Waals surface area contributed by atoms with Gasteiger partial charge in [-0.1, -0.05) is 6.42 Å². The van der Waals surface area contributed by atoms with Crippen molar-refractivity contribution in [1.29, 1.82) is 0 Å². The topological polar surface area (TPSA) is 42.2 Å². The minimum Gasteiger partial charge on any atom is -0.444 e. The number of nitrogens with one attached hydrogen (secondary N) is 1. The van der Waals surface area contributed by atoms with E-state index >= 15 is 0 Å². The third-order valence-corrected chi connectivity index (χ3v) is 5.02. The van der Waals surface area contributed by atoms with E-state index in [0.717, 1.165) is 11.8 Å². The average molecular weight is 312 g/mol. The van der Waals surface area contributed by atoms with Crippen LogP contribution in [0.5, 0.6) is 0 Å². The van der Waals surface area contributed by atoms with E-state index in [-0.39, 0.29) is 11.9 Å². The molecule has 2 aliphatic carbocycles. The van der Waals surface area contributed by atoms with E-state index in [4.69, 9.17) is 4.42 Å². The Hall–Kier alpha value is -0.770. The van der Waals surface area contributed by atoms with Crippen molar-refractivity contribution in [2.45, 2.75) is 38.6 Å². The highest BCUT2D eigenvalue weighted by Crippen LogP contribution is 2.49. The fraction of sp³-hybridized carbons (Fsp3) is 0.643. The molecule has 2 aliphatic rings. The smallest absolute Gasteiger partial charge is 0.287 e. The maximum atomic E-state index is 12.0. The fourth-order valence-corrected chi connectivity index (χ4v) is 4.03. The molecule has 0 saturated heterocycles. The van der Waals surface area contributed by atoms with Crippen LogP contribution in [0, 0.1) is 17.8 Å². The Labute approximate surface area is 115 Å². The van der Waals surface area contributed by atoms with E-state index in [2.05, 4.69) is 28.2 Å². The monoisotopic (exact) mass is 311 g/mol. The highest BCUT2D eigenvalue weighted by molar-refractivity contribution is 9.10. The highest BCUT2D eigenvalue weighted by Gasteiger charge is 2.42. The Kier molecular flexibility index (Phi) is 3.22. The zero-order valence-electron chi connectivity index (χ0n) is 10.5. The van der Waals surface area contributed by atoms with E-state index in [1.165, 1.54) is 25.7 Å². The largest absolute Gasteiger partial charge is 0.444 e. The summed E-state index contributed by atoms with van der Waals surface area (Å²) in [6.07, 6.45) is 5.40. The van der Waals surface area contributed by atoms with E-state index < -0.39 is 0 Å². The Morgan fingerprint density at radius 2 is 2.28 bits per heavy atom. The summed E-state index contributed by atoms with van der Waals surface area (Å²) in [4.78, 5) is 12.0. The first kappa shape index (κ1) is 12.3. The van der Waals surface area contributed by atoms with Crippen LogP contribution in [-0.2, 0) is 0 Å². The van der Waals surface area contributed by atoms with Crippen LogP contribution in [0.25, 0.3) is 0 Å². The molecule has 2 bridgehead atoms. The van der Waals surface area contributed by atoms with Gasteiger partial charge in [0.15, 0.2) is 10.4 Å². The molecule has 1 heterocycles. The maximum Gasteiger partial charge on any atom is 0.287 e. The summed E-state index contributed by atoms with van der Waals surface area (Å²) >= 11 is 3.21. The van der Waals surface area contributed by atoms with Crippen molar-refractivity contribution >= 4 is 21.8 Å². The summed E-state index contributed by atoms with van der Waals surface area (Å²) in [5.41, 5.74) is 0. The second-order valence-electron chi connectivity index (χ2n) is 5.70. The molecule has 4 heteroatoms. The van der Waals surface area contributed by atoms with Crippen molar-refractivity contribution < 1.29 is 9.21 Å². The molecule has 0 spiro atoms. The highest BCUT2D eigenvalue weighted by atomic mass is 79.9. The van der Waals surface area contributed by atoms with Crippen molar-refractivity contribution in [3.63, 3.8) is 0 Å². The number of hydrogen-bond acceptors (Lipinski definition) is 2. The summed E-state index contributed by atoms with van der Waals surface area (Å²) in [5.74, 6) is 2.68. The number of halogens is 1. The van der Waals surface area contributed by atoms with Gasteiger partial charge >= 0.3 is 0 Å². The van der Waals surface area contributed by atoms with Gasteiger partial charge in [-0.3, -0.25) is 4.79 Å². The van der Waals surface area contributed by atoms with E-state index in [1.807, 2.05) is 0 Å². The predicted molar refractivity (Wildman–Crippen MR) is 72.3 cm³/mol. The zero-order valence-corrected chi connectivity index (χ0v) is 12.1. The number of carbonyl (C=O) groups is 1. The molecule has 3 rings (SSSR count). The van der Waals surface area contributed by atoms with Gasteiger partial charge in [-0.2, -0.15) is 0 Å². The third-order valence-electron chi connectivity index (χ3n) is 4.59. The molecular weight excluding hydrogens is 294 g/mol. The molecule has 2 fully saturated rings. The Morgan fingerprint density at radius 3 is 2.83 bits per heavy atom. The second kappa shape index (κ2) is 4.72. The Bertz CT molecular complexity index is 456. The Morgan fingerprint density at radius 1 is 1.44 bits per heavy atom. The average Bonchev–Trinajstić information content (AvgIpc) is 3.03. The van der Waals surface area contributed by atoms with Crippen molar-refractivity contribution in [2.24, 2.45) is 17.8 Å². The molecule has 98 valence electrons. The van der Waals surface area contributed by atoms with Gasteiger partial charge in [-0.05, 0) is 72.0 Å². The number of amides is 1. The van der Waals surface area contributed by atoms with Crippen molar-refractivity contribution in [1.82, 2.24) is 5.32 Å². The summed E-state index contributed by atoms with van der Waals surface area (Å²) in [7, 11) is 0. The number of fused-ring (bicyclic) bond motifs is 2. The van der Waals surface area contributed by atoms with Gasteiger partial charge in [0, 0.05) is 6.04 Å². The van der Waals surface area contributed by atoms with Crippen LogP contribution in [0.3, 0.4) is 0 Å². The Balaban J connectivity index is 1.61. The van der Waals surface area contributed by atoms with Crippen molar-refractivity contribution in [2.75, 3.05) is 0 Å². The minimum absolute atomic E-state index is 0.101. The lowest BCUT2D eigenvalue weighted by Gasteiger charge is -2.28. The molecule has 0 radical (unpaired) electrons. The standard InChI is InChI=1S/C14H18BrNO2/c1-8(11-7-9-2-3-10(11)6-9)16-14(17)12-4-5-13(15)18-12/h4-5,8-11H,2-3,6-7H2,1H3,(H,16,17)/t8-,9-,10-,11+/m1/s1. The van der Waals surface area contributed by atoms with Crippen molar-refractivity contribution in [3.05, 3.63) is 22.6 Å². The molecule has 0 unspecified atom stereocenters. The summed E-state index contributed by atoms with van der Waals surface area (Å²) in [6, 6.07) is 3.70. The van der Waals surface area contributed by atoms with Crippen molar-refractivity contribution in [3.8, 4) is 0 Å². The predicted octanol–water partition coefficient (Wildman–Crippen LogP) is 3.60. The minimum atomic E-state index is -0.101. The normalized spacial score (nSPS) is 31.6. The van der Waals surface area contributed by atoms with Gasteiger partial charge in [0.2, 0.25) is 0 Å². The summed E-state index contributed by atoms with van der Waals surface area (Å²) in [6.45, 7) is 2.13. The molecule has 1 aromatic rings. The van der Waals surface area contributed by atoms with E-state index in [0.29, 0.717) is 16.3 Å². The van der Waals surface area contributed by atoms with E-state index in [9.17, 15) is 4.79 Å². The molecule has 3 nitrogen and oxygen atoms in total. The maximum absolute atomic E-state index is 12.0. The number of carbonyl (C=O) groups excluding carboxylic acids is 1. The first-order valence-electron chi connectivity index (χ1n) is 6.69. The van der Waals surface area contributed by atoms with Gasteiger partial charge in [-0.25, -0.2) is 0 Å². The molecule has 1 amide bonds. The van der Waals surface area contributed by atoms with Gasteiger partial charge in [-0.15, -0.1) is 0 Å². The molecule has 4 atom stereocenters. The van der Waals surface area contributed by atoms with Crippen LogP contribution in [0.15, 0.2) is 21.2 Å². The lowest BCUT2D eigenvalue weighted by molar-refractivity contribution is 0.0886. The molecule has 0 aliphatic heterocycles. The summed E-state index contributed by atoms with van der Waals surface area (Å²) in [5, 5.41) is 3.08. The first-order chi connectivity index (χ1) is 8.63. The molecule has 2 saturated carbocycles. The van der Waals surface area contributed by atoms with Crippen LogP contribution in [0.1, 0.15) is 43.2 Å². The van der Waals surface area contributed by atoms with Crippen LogP contribution in [-0.4, -0.2) is 11.9 Å². The number of rotatable bonds is 3. The second-order valence-corrected chi connectivity index (χ2v) is 6.49. The SMILES string of the molecule is C[C@@H](NC(=O)c1ccc(Br)o1)[C@@H]1C[C@@H]2CC[C@@H]1C2. The lowest BCUT2D eigenvalue weighted by Crippen LogP contribution is -2.39. The van der Waals surface area contributed by atoms with Gasteiger partial charge in [0.1, 0.15) is 0 Å². The lowest BCUT2D eigenvalue weighted by atomic mass is 9.84. The molecule has 1 aromatic heterocycles. The third kappa shape index (κ3) is 2.22. The van der Waals surface area contributed by atoms with Gasteiger partial charge < -0.3 is 9.73 Å². The van der Waals surface area contributed by atoms with Crippen LogP contribution < -0.4 is 5.32 Å². The molecule has 0 aromatic carbocycles. The van der Waals surface area contributed by atoms with Gasteiger partial charge in [0.05, 0.1) is 0 Å². The van der Waals surface area contributed by atoms with Gasteiger partial charge in [0.25, 0.3) is 5.91 Å². The van der Waals surface area contributed by atoms with Crippen LogP contribution in [0.4, 0.5) is 0 Å². The molecular formula is C14H18BrNO2. The number of hydrogen-bond donors (Lipinski definition) is 1. The van der Waals surface area contributed by atoms with E-state index in [1.54, 1.807) is 12.1 Å². The first-order valence-corrected chi connectivity index (χ1v) is 7.49. The fourth-order valence-electron chi connectivity index (χ4n) is 3.73.